The highest BCUT2D eigenvalue weighted by Crippen LogP contribution is 2.42. The molecule has 0 fully saturated rings. The number of thiazole rings is 1. The van der Waals surface area contributed by atoms with E-state index in [-0.39, 0.29) is 27.8 Å². The maximum absolute atomic E-state index is 10.9. The van der Waals surface area contributed by atoms with Gasteiger partial charge in [0, 0.05) is 22.1 Å². The van der Waals surface area contributed by atoms with Gasteiger partial charge in [0.05, 0.1) is 19.0 Å². The fourth-order valence-corrected chi connectivity index (χ4v) is 3.90. The van der Waals surface area contributed by atoms with Gasteiger partial charge in [-0.05, 0) is 52.8 Å². The quantitative estimate of drug-likeness (QED) is 0.401. The fourth-order valence-electron chi connectivity index (χ4n) is 3.24. The number of hydrazone groups is 1. The summed E-state index contributed by atoms with van der Waals surface area (Å²) in [4.78, 5) is 4.71. The monoisotopic (exact) mass is 516 g/mol. The summed E-state index contributed by atoms with van der Waals surface area (Å²) in [6, 6.07) is 11.8. The number of methoxy groups -OCH3 is 1. The molecule has 32 heavy (non-hydrogen) atoms. The van der Waals surface area contributed by atoms with E-state index in [0.29, 0.717) is 10.9 Å². The normalized spacial score (nSPS) is 12.0. The lowest BCUT2D eigenvalue weighted by Crippen LogP contribution is -3.00. The van der Waals surface area contributed by atoms with Gasteiger partial charge in [0.25, 0.3) is 0 Å². The summed E-state index contributed by atoms with van der Waals surface area (Å²) in [7, 11) is 1.65. The first-order valence-corrected chi connectivity index (χ1v) is 11.1. The Bertz CT molecular complexity index is 1040. The zero-order valence-electron chi connectivity index (χ0n) is 19.7. The predicted molar refractivity (Wildman–Crippen MR) is 131 cm³/mol. The van der Waals surface area contributed by atoms with Crippen molar-refractivity contribution in [3.8, 4) is 22.8 Å². The minimum Gasteiger partial charge on any atom is -1.00 e. The van der Waals surface area contributed by atoms with Gasteiger partial charge in [-0.3, -0.25) is 5.43 Å². The second-order valence-electron chi connectivity index (χ2n) is 9.60. The van der Waals surface area contributed by atoms with Crippen LogP contribution in [0.3, 0.4) is 0 Å². The molecule has 172 valence electrons. The van der Waals surface area contributed by atoms with Crippen molar-refractivity contribution in [1.29, 1.82) is 0 Å². The molecule has 7 heteroatoms. The maximum Gasteiger partial charge on any atom is 0.203 e. The van der Waals surface area contributed by atoms with E-state index in [1.54, 1.807) is 13.3 Å². The Kier molecular flexibility index (Phi) is 8.12. The van der Waals surface area contributed by atoms with E-state index < -0.39 is 0 Å². The van der Waals surface area contributed by atoms with Crippen LogP contribution in [0, 0.1) is 0 Å². The van der Waals surface area contributed by atoms with Crippen molar-refractivity contribution in [3.05, 3.63) is 58.5 Å². The first kappa shape index (κ1) is 25.9. The Morgan fingerprint density at radius 1 is 1.00 bits per heavy atom. The summed E-state index contributed by atoms with van der Waals surface area (Å²) in [5.74, 6) is 1.19. The van der Waals surface area contributed by atoms with E-state index in [1.165, 1.54) is 11.3 Å². The molecule has 0 spiro atoms. The molecular formula is C25H31BrN3O2S-. The molecule has 0 saturated carbocycles. The standard InChI is InChI=1S/C25H31N3O2S.BrH/c1-24(2,3)19-12-17(13-20(22(19)29)25(4,5)6)21-15-31-23(27-21)28-26-14-16-8-10-18(30-7)11-9-16;/h8-15,29H,1-7H3,(H,27,28);1H/p-1/b26-14+;. The summed E-state index contributed by atoms with van der Waals surface area (Å²) in [5, 5.41) is 18.0. The Morgan fingerprint density at radius 2 is 1.56 bits per heavy atom. The van der Waals surface area contributed by atoms with Gasteiger partial charge >= 0.3 is 0 Å². The SMILES string of the molecule is COc1ccc(/C=N/Nc2nc(-c3cc(C(C)(C)C)c(O)c(C(C)(C)C)c3)cs2)cc1.[Br-]. The first-order chi connectivity index (χ1) is 14.5. The van der Waals surface area contributed by atoms with Crippen LogP contribution in [0.5, 0.6) is 11.5 Å². The number of anilines is 1. The van der Waals surface area contributed by atoms with E-state index in [1.807, 2.05) is 41.8 Å². The second kappa shape index (κ2) is 10.0. The average molecular weight is 518 g/mol. The third kappa shape index (κ3) is 6.11. The molecule has 0 aliphatic carbocycles. The zero-order valence-corrected chi connectivity index (χ0v) is 22.1. The van der Waals surface area contributed by atoms with Gasteiger partial charge in [0.1, 0.15) is 11.5 Å². The molecule has 1 heterocycles. The molecule has 0 radical (unpaired) electrons. The number of hydrogen-bond donors (Lipinski definition) is 2. The second-order valence-corrected chi connectivity index (χ2v) is 10.5. The summed E-state index contributed by atoms with van der Waals surface area (Å²) < 4.78 is 5.17. The number of phenolic OH excluding ortho intramolecular Hbond substituents is 1. The predicted octanol–water partition coefficient (Wildman–Crippen LogP) is 3.57. The lowest BCUT2D eigenvalue weighted by atomic mass is 9.78. The Balaban J connectivity index is 0.00000363. The van der Waals surface area contributed by atoms with Crippen LogP contribution < -0.4 is 27.1 Å². The van der Waals surface area contributed by atoms with Gasteiger partial charge in [0.2, 0.25) is 5.13 Å². The molecule has 5 nitrogen and oxygen atoms in total. The van der Waals surface area contributed by atoms with Gasteiger partial charge in [-0.1, -0.05) is 41.5 Å². The molecule has 2 aromatic carbocycles. The summed E-state index contributed by atoms with van der Waals surface area (Å²) in [6.07, 6.45) is 1.75. The largest absolute Gasteiger partial charge is 1.00 e. The van der Waals surface area contributed by atoms with Crippen LogP contribution in [0.1, 0.15) is 58.2 Å². The summed E-state index contributed by atoms with van der Waals surface area (Å²) in [6.45, 7) is 12.7. The van der Waals surface area contributed by atoms with E-state index in [2.05, 4.69) is 52.1 Å². The topological polar surface area (TPSA) is 66.7 Å². The molecule has 0 amide bonds. The number of hydrogen-bond acceptors (Lipinski definition) is 6. The fraction of sp³-hybridized carbons (Fsp3) is 0.360. The molecule has 0 aliphatic rings. The molecule has 3 aromatic rings. The molecule has 3 rings (SSSR count). The highest BCUT2D eigenvalue weighted by molar-refractivity contribution is 7.14. The van der Waals surface area contributed by atoms with E-state index in [0.717, 1.165) is 33.7 Å². The van der Waals surface area contributed by atoms with Crippen LogP contribution in [0.15, 0.2) is 46.9 Å². The van der Waals surface area contributed by atoms with Crippen molar-refractivity contribution in [2.24, 2.45) is 5.10 Å². The number of ether oxygens (including phenoxy) is 1. The van der Waals surface area contributed by atoms with Crippen LogP contribution in [-0.4, -0.2) is 23.4 Å². The number of nitrogens with one attached hydrogen (secondary N) is 1. The highest BCUT2D eigenvalue weighted by Gasteiger charge is 2.27. The van der Waals surface area contributed by atoms with Gasteiger partial charge in [-0.2, -0.15) is 5.10 Å². The van der Waals surface area contributed by atoms with Crippen LogP contribution >= 0.6 is 11.3 Å². The lowest BCUT2D eigenvalue weighted by molar-refractivity contribution is -0.00000871. The Morgan fingerprint density at radius 3 is 2.06 bits per heavy atom. The van der Waals surface area contributed by atoms with Crippen molar-refractivity contribution >= 4 is 22.7 Å². The molecule has 0 bridgehead atoms. The molecular weight excluding hydrogens is 486 g/mol. The Hall–Kier alpha value is -2.38. The van der Waals surface area contributed by atoms with Crippen LogP contribution in [0.4, 0.5) is 5.13 Å². The molecule has 0 saturated heterocycles. The molecule has 2 N–H and O–H groups in total. The van der Waals surface area contributed by atoms with Crippen molar-refractivity contribution in [3.63, 3.8) is 0 Å². The van der Waals surface area contributed by atoms with Crippen molar-refractivity contribution in [1.82, 2.24) is 4.98 Å². The number of halogens is 1. The Labute approximate surface area is 205 Å². The molecule has 1 aromatic heterocycles. The average Bonchev–Trinajstić information content (AvgIpc) is 3.16. The van der Waals surface area contributed by atoms with E-state index in [9.17, 15) is 5.11 Å². The number of rotatable bonds is 5. The van der Waals surface area contributed by atoms with Crippen LogP contribution in [0.2, 0.25) is 0 Å². The van der Waals surface area contributed by atoms with Crippen LogP contribution in [0.25, 0.3) is 11.3 Å². The minimum atomic E-state index is -0.181. The van der Waals surface area contributed by atoms with E-state index in [4.69, 9.17) is 9.72 Å². The summed E-state index contributed by atoms with van der Waals surface area (Å²) in [5.41, 5.74) is 7.33. The van der Waals surface area contributed by atoms with Crippen molar-refractivity contribution in [2.45, 2.75) is 52.4 Å². The zero-order chi connectivity index (χ0) is 22.8. The van der Waals surface area contributed by atoms with E-state index >= 15 is 0 Å². The van der Waals surface area contributed by atoms with Gasteiger partial charge in [-0.15, -0.1) is 11.3 Å². The molecule has 0 unspecified atom stereocenters. The van der Waals surface area contributed by atoms with Gasteiger partial charge < -0.3 is 26.8 Å². The lowest BCUT2D eigenvalue weighted by Gasteiger charge is -2.28. The highest BCUT2D eigenvalue weighted by atomic mass is 79.9. The number of nitrogens with zero attached hydrogens (tertiary/aromatic N) is 2. The number of aromatic hydroxyl groups is 1. The smallest absolute Gasteiger partial charge is 0.203 e. The van der Waals surface area contributed by atoms with Crippen molar-refractivity contribution in [2.75, 3.05) is 12.5 Å². The molecule has 0 atom stereocenters. The third-order valence-electron chi connectivity index (χ3n) is 5.02. The molecule has 0 aliphatic heterocycles. The first-order valence-electron chi connectivity index (χ1n) is 10.3. The number of aromatic nitrogens is 1. The summed E-state index contributed by atoms with van der Waals surface area (Å²) >= 11 is 1.50. The van der Waals surface area contributed by atoms with Gasteiger partial charge in [-0.25, -0.2) is 4.98 Å². The third-order valence-corrected chi connectivity index (χ3v) is 5.76. The maximum atomic E-state index is 10.9. The van der Waals surface area contributed by atoms with Crippen molar-refractivity contribution < 1.29 is 26.8 Å². The minimum absolute atomic E-state index is 0. The van der Waals surface area contributed by atoms with Crippen LogP contribution in [-0.2, 0) is 10.8 Å². The number of benzene rings is 2. The van der Waals surface area contributed by atoms with Gasteiger partial charge in [0.15, 0.2) is 0 Å². The number of phenols is 1.